The number of allylic oxidation sites excluding steroid dienone is 3. The third-order valence-corrected chi connectivity index (χ3v) is 8.12. The lowest BCUT2D eigenvalue weighted by Crippen LogP contribution is -1.96. The van der Waals surface area contributed by atoms with E-state index in [9.17, 15) is 0 Å². The lowest BCUT2D eigenvalue weighted by atomic mass is 10.1. The summed E-state index contributed by atoms with van der Waals surface area (Å²) in [5, 5.41) is 15.4. The monoisotopic (exact) mass is 511 g/mol. The van der Waals surface area contributed by atoms with Crippen molar-refractivity contribution in [2.75, 3.05) is 0 Å². The van der Waals surface area contributed by atoms with E-state index in [4.69, 9.17) is 5.41 Å². The van der Waals surface area contributed by atoms with Crippen molar-refractivity contribution in [1.29, 1.82) is 5.41 Å². The van der Waals surface area contributed by atoms with E-state index < -0.39 is 0 Å². The Bertz CT molecular complexity index is 2360. The van der Waals surface area contributed by atoms with Crippen molar-refractivity contribution in [3.63, 3.8) is 0 Å². The molecule has 5 aromatic carbocycles. The molecule has 0 saturated heterocycles. The van der Waals surface area contributed by atoms with E-state index in [1.165, 1.54) is 55.1 Å². The summed E-state index contributed by atoms with van der Waals surface area (Å²) >= 11 is 0. The Balaban J connectivity index is 1.53. The zero-order valence-electron chi connectivity index (χ0n) is 21.8. The fourth-order valence-electron chi connectivity index (χ4n) is 6.42. The molecule has 0 radical (unpaired) electrons. The van der Waals surface area contributed by atoms with Crippen LogP contribution >= 0.6 is 0 Å². The maximum absolute atomic E-state index is 7.93. The number of hydrogen-bond donors (Lipinski definition) is 1. The van der Waals surface area contributed by atoms with Crippen LogP contribution in [-0.4, -0.2) is 15.2 Å². The molecule has 0 aliphatic heterocycles. The van der Waals surface area contributed by atoms with Gasteiger partial charge in [-0.15, -0.1) is 0 Å². The van der Waals surface area contributed by atoms with Crippen LogP contribution in [0.15, 0.2) is 134 Å². The first-order valence-electron chi connectivity index (χ1n) is 13.5. The molecule has 188 valence electrons. The third-order valence-electron chi connectivity index (χ3n) is 8.12. The van der Waals surface area contributed by atoms with Crippen molar-refractivity contribution < 1.29 is 0 Å². The van der Waals surface area contributed by atoms with Crippen molar-refractivity contribution in [2.45, 2.75) is 0 Å². The van der Waals surface area contributed by atoms with E-state index in [1.54, 1.807) is 6.08 Å². The summed E-state index contributed by atoms with van der Waals surface area (Å²) in [5.41, 5.74) is 8.83. The molecule has 8 aromatic rings. The van der Waals surface area contributed by atoms with Crippen LogP contribution in [0.5, 0.6) is 0 Å². The molecule has 0 aliphatic rings. The molecule has 3 heteroatoms. The van der Waals surface area contributed by atoms with E-state index >= 15 is 0 Å². The Labute approximate surface area is 231 Å². The van der Waals surface area contributed by atoms with Crippen molar-refractivity contribution in [1.82, 2.24) is 8.97 Å². The molecule has 1 N–H and O–H groups in total. The molecule has 3 aromatic heterocycles. The van der Waals surface area contributed by atoms with E-state index in [2.05, 4.69) is 125 Å². The largest absolute Gasteiger partial charge is 0.309 e. The molecule has 40 heavy (non-hydrogen) atoms. The predicted octanol–water partition coefficient (Wildman–Crippen LogP) is 9.71. The number of nitrogens with zero attached hydrogens (tertiary/aromatic N) is 2. The fraction of sp³-hybridized carbons (Fsp3) is 0. The van der Waals surface area contributed by atoms with Crippen LogP contribution in [0.2, 0.25) is 0 Å². The van der Waals surface area contributed by atoms with Gasteiger partial charge in [0.2, 0.25) is 0 Å². The van der Waals surface area contributed by atoms with Gasteiger partial charge in [-0.1, -0.05) is 91.5 Å². The van der Waals surface area contributed by atoms with Gasteiger partial charge >= 0.3 is 0 Å². The molecular weight excluding hydrogens is 486 g/mol. The maximum Gasteiger partial charge on any atom is 0.0562 e. The molecule has 3 heterocycles. The van der Waals surface area contributed by atoms with Crippen molar-refractivity contribution in [2.24, 2.45) is 0 Å². The normalized spacial score (nSPS) is 12.3. The highest BCUT2D eigenvalue weighted by Crippen LogP contribution is 2.39. The Morgan fingerprint density at radius 2 is 1.25 bits per heavy atom. The number of nitrogens with one attached hydrogen (secondary N) is 1. The number of fused-ring (bicyclic) bond motifs is 11. The summed E-state index contributed by atoms with van der Waals surface area (Å²) in [4.78, 5) is 0. The first-order chi connectivity index (χ1) is 19.8. The van der Waals surface area contributed by atoms with Crippen molar-refractivity contribution >= 4 is 71.7 Å². The minimum Gasteiger partial charge on any atom is -0.309 e. The highest BCUT2D eigenvalue weighted by atomic mass is 15.0. The Kier molecular flexibility index (Phi) is 4.82. The van der Waals surface area contributed by atoms with Gasteiger partial charge in [0, 0.05) is 38.8 Å². The van der Waals surface area contributed by atoms with E-state index in [0.29, 0.717) is 0 Å². The van der Waals surface area contributed by atoms with E-state index in [-0.39, 0.29) is 0 Å². The molecule has 0 amide bonds. The summed E-state index contributed by atoms with van der Waals surface area (Å²) < 4.78 is 4.77. The average molecular weight is 512 g/mol. The van der Waals surface area contributed by atoms with Gasteiger partial charge in [-0.05, 0) is 59.0 Å². The van der Waals surface area contributed by atoms with Crippen LogP contribution in [0.1, 0.15) is 5.56 Å². The number of benzene rings is 5. The number of aromatic nitrogens is 2. The van der Waals surface area contributed by atoms with Crippen molar-refractivity contribution in [3.8, 4) is 5.69 Å². The zero-order chi connectivity index (χ0) is 26.8. The summed E-state index contributed by atoms with van der Waals surface area (Å²) in [5.74, 6) is 0. The van der Waals surface area contributed by atoms with Crippen LogP contribution in [0.4, 0.5) is 0 Å². The van der Waals surface area contributed by atoms with Gasteiger partial charge in [0.05, 0.1) is 27.6 Å². The molecule has 0 atom stereocenters. The zero-order valence-corrected chi connectivity index (χ0v) is 21.8. The molecule has 3 nitrogen and oxygen atoms in total. The smallest absolute Gasteiger partial charge is 0.0562 e. The number of hydrogen-bond acceptors (Lipinski definition) is 1. The molecule has 8 rings (SSSR count). The summed E-state index contributed by atoms with van der Waals surface area (Å²) in [7, 11) is 0. The Morgan fingerprint density at radius 3 is 2.00 bits per heavy atom. The van der Waals surface area contributed by atoms with Gasteiger partial charge in [-0.25, -0.2) is 0 Å². The molecular formula is C37H25N3. The van der Waals surface area contributed by atoms with Crippen LogP contribution < -0.4 is 0 Å². The predicted molar refractivity (Wildman–Crippen MR) is 171 cm³/mol. The van der Waals surface area contributed by atoms with E-state index in [1.807, 2.05) is 12.1 Å². The SMILES string of the molecule is C=C/C=C(\C=N)c1cccc(-n2c3ccccc3c3cc4cc5c6ccccc6c6ccccc6n5c4cc32)c1. The highest BCUT2D eigenvalue weighted by molar-refractivity contribution is 6.19. The standard InChI is InChI=1S/C37H25N3/c1-2-10-25(23-38)24-11-9-12-27(19-24)39-33-17-7-6-16-31(33)32-20-26-21-36-30-15-4-3-13-28(30)29-14-5-8-18-34(29)40(36)35(26)22-37(32)39/h2-23,38H,1H2/b25-10+,38-23?. The molecule has 0 saturated carbocycles. The van der Waals surface area contributed by atoms with Gasteiger partial charge in [-0.3, -0.25) is 0 Å². The summed E-state index contributed by atoms with van der Waals surface area (Å²) in [6.45, 7) is 3.83. The number of pyridine rings is 1. The number of rotatable bonds is 4. The van der Waals surface area contributed by atoms with Gasteiger partial charge < -0.3 is 14.4 Å². The third kappa shape index (κ3) is 3.09. The fourth-order valence-corrected chi connectivity index (χ4v) is 6.42. The summed E-state index contributed by atoms with van der Waals surface area (Å²) in [6, 6.07) is 41.5. The second kappa shape index (κ2) is 8.55. The van der Waals surface area contributed by atoms with Crippen LogP contribution in [0.25, 0.3) is 71.2 Å². The molecule has 0 bridgehead atoms. The average Bonchev–Trinajstić information content (AvgIpc) is 3.54. The Morgan fingerprint density at radius 1 is 0.575 bits per heavy atom. The minimum atomic E-state index is 0.830. The maximum atomic E-state index is 7.93. The molecule has 0 fully saturated rings. The molecule has 0 aliphatic carbocycles. The topological polar surface area (TPSA) is 33.2 Å². The second-order valence-corrected chi connectivity index (χ2v) is 10.3. The van der Waals surface area contributed by atoms with Crippen molar-refractivity contribution in [3.05, 3.63) is 140 Å². The minimum absolute atomic E-state index is 0.830. The second-order valence-electron chi connectivity index (χ2n) is 10.3. The van der Waals surface area contributed by atoms with Gasteiger partial charge in [0.15, 0.2) is 0 Å². The highest BCUT2D eigenvalue weighted by Gasteiger charge is 2.17. The van der Waals surface area contributed by atoms with E-state index in [0.717, 1.165) is 27.9 Å². The summed E-state index contributed by atoms with van der Waals surface area (Å²) in [6.07, 6.45) is 5.00. The quantitative estimate of drug-likeness (QED) is 0.139. The van der Waals surface area contributed by atoms with Gasteiger partial charge in [-0.2, -0.15) is 0 Å². The lowest BCUT2D eigenvalue weighted by molar-refractivity contribution is 1.18. The van der Waals surface area contributed by atoms with Crippen LogP contribution in [0, 0.1) is 5.41 Å². The van der Waals surface area contributed by atoms with Crippen LogP contribution in [0.3, 0.4) is 0 Å². The molecule has 0 unspecified atom stereocenters. The lowest BCUT2D eigenvalue weighted by Gasteiger charge is -2.11. The molecule has 0 spiro atoms. The van der Waals surface area contributed by atoms with Gasteiger partial charge in [0.1, 0.15) is 0 Å². The number of para-hydroxylation sites is 2. The Hall–Kier alpha value is -5.41. The van der Waals surface area contributed by atoms with Crippen LogP contribution in [-0.2, 0) is 0 Å². The van der Waals surface area contributed by atoms with Gasteiger partial charge in [0.25, 0.3) is 0 Å². The first-order valence-corrected chi connectivity index (χ1v) is 13.5. The first kappa shape index (κ1) is 22.6.